The lowest BCUT2D eigenvalue weighted by Crippen LogP contribution is -2.29. The summed E-state index contributed by atoms with van der Waals surface area (Å²) in [6.45, 7) is 1.72. The molecule has 6 rings (SSSR count). The van der Waals surface area contributed by atoms with Crippen LogP contribution in [0.3, 0.4) is 0 Å². The number of ketones is 1. The van der Waals surface area contributed by atoms with E-state index in [4.69, 9.17) is 4.74 Å². The number of aromatic nitrogens is 3. The number of anilines is 1. The second kappa shape index (κ2) is 8.45. The maximum absolute atomic E-state index is 13.5. The van der Waals surface area contributed by atoms with E-state index in [9.17, 15) is 19.8 Å². The van der Waals surface area contributed by atoms with E-state index in [-0.39, 0.29) is 22.2 Å². The Morgan fingerprint density at radius 3 is 2.68 bits per heavy atom. The van der Waals surface area contributed by atoms with Crippen LogP contribution in [0.4, 0.5) is 5.13 Å². The molecule has 184 valence electrons. The van der Waals surface area contributed by atoms with Gasteiger partial charge in [-0.25, -0.2) is 9.97 Å². The number of thiazole rings is 1. The first-order chi connectivity index (χ1) is 17.9. The average molecular weight is 513 g/mol. The summed E-state index contributed by atoms with van der Waals surface area (Å²) in [4.78, 5) is 37.4. The van der Waals surface area contributed by atoms with Crippen LogP contribution in [-0.2, 0) is 9.59 Å². The number of amides is 1. The maximum Gasteiger partial charge on any atom is 0.301 e. The lowest BCUT2D eigenvalue weighted by Gasteiger charge is -2.23. The number of methoxy groups -OCH3 is 1. The monoisotopic (exact) mass is 512 g/mol. The molecule has 0 radical (unpaired) electrons. The van der Waals surface area contributed by atoms with Crippen LogP contribution in [0.1, 0.15) is 23.0 Å². The van der Waals surface area contributed by atoms with Crippen molar-refractivity contribution < 1.29 is 24.5 Å². The molecule has 0 aliphatic carbocycles. The molecule has 0 bridgehead atoms. The fourth-order valence-electron chi connectivity index (χ4n) is 4.69. The number of phenols is 1. The number of hydrogen-bond acceptors (Lipinski definition) is 8. The van der Waals surface area contributed by atoms with Crippen LogP contribution >= 0.6 is 11.3 Å². The van der Waals surface area contributed by atoms with Gasteiger partial charge in [-0.2, -0.15) is 0 Å². The molecule has 1 unspecified atom stereocenters. The first-order valence-electron chi connectivity index (χ1n) is 11.4. The van der Waals surface area contributed by atoms with Crippen molar-refractivity contribution in [2.45, 2.75) is 13.0 Å². The van der Waals surface area contributed by atoms with Gasteiger partial charge in [0.05, 0.1) is 34.6 Å². The third-order valence-electron chi connectivity index (χ3n) is 6.35. The smallest absolute Gasteiger partial charge is 0.301 e. The van der Waals surface area contributed by atoms with Gasteiger partial charge in [0.2, 0.25) is 0 Å². The first kappa shape index (κ1) is 22.7. The van der Waals surface area contributed by atoms with E-state index >= 15 is 0 Å². The SMILES string of the molecule is COc1ccc2nc(N3C(=O)C(=O)/C(=C(/O)c4c(C)nc5ccccn45)C3c3cccc(O)c3)sc2c1. The molecule has 1 saturated heterocycles. The molecule has 2 aromatic carbocycles. The molecule has 1 aliphatic heterocycles. The average Bonchev–Trinajstić information content (AvgIpc) is 3.54. The summed E-state index contributed by atoms with van der Waals surface area (Å²) in [6.07, 6.45) is 1.73. The molecule has 1 amide bonds. The van der Waals surface area contributed by atoms with Gasteiger partial charge in [0.25, 0.3) is 5.78 Å². The fourth-order valence-corrected chi connectivity index (χ4v) is 5.71. The van der Waals surface area contributed by atoms with Gasteiger partial charge < -0.3 is 14.9 Å². The summed E-state index contributed by atoms with van der Waals surface area (Å²) < 4.78 is 7.74. The summed E-state index contributed by atoms with van der Waals surface area (Å²) in [5, 5.41) is 22.1. The molecule has 5 aromatic rings. The second-order valence-corrected chi connectivity index (χ2v) is 9.58. The van der Waals surface area contributed by atoms with Gasteiger partial charge in [-0.1, -0.05) is 29.5 Å². The van der Waals surface area contributed by atoms with Crippen molar-refractivity contribution in [1.82, 2.24) is 14.4 Å². The predicted octanol–water partition coefficient (Wildman–Crippen LogP) is 4.59. The summed E-state index contributed by atoms with van der Waals surface area (Å²) >= 11 is 1.23. The highest BCUT2D eigenvalue weighted by atomic mass is 32.1. The number of carbonyl (C=O) groups excluding carboxylic acids is 2. The second-order valence-electron chi connectivity index (χ2n) is 8.57. The molecule has 1 fully saturated rings. The number of hydrogen-bond donors (Lipinski definition) is 2. The van der Waals surface area contributed by atoms with Crippen molar-refractivity contribution in [3.05, 3.63) is 89.4 Å². The number of imidazole rings is 1. The lowest BCUT2D eigenvalue weighted by molar-refractivity contribution is -0.132. The minimum Gasteiger partial charge on any atom is -0.508 e. The zero-order valence-corrected chi connectivity index (χ0v) is 20.6. The third-order valence-corrected chi connectivity index (χ3v) is 7.37. The number of phenolic OH excluding ortho intramolecular Hbond substituents is 1. The number of ether oxygens (including phenoxy) is 1. The first-order valence-corrected chi connectivity index (χ1v) is 12.2. The van der Waals surface area contributed by atoms with E-state index in [1.807, 2.05) is 6.07 Å². The Morgan fingerprint density at radius 2 is 1.89 bits per heavy atom. The van der Waals surface area contributed by atoms with Crippen LogP contribution in [0.15, 0.2) is 72.4 Å². The van der Waals surface area contributed by atoms with E-state index in [2.05, 4.69) is 9.97 Å². The summed E-state index contributed by atoms with van der Waals surface area (Å²) in [6, 6.07) is 16.0. The summed E-state index contributed by atoms with van der Waals surface area (Å²) in [5.41, 5.74) is 2.37. The number of carbonyl (C=O) groups is 2. The molecule has 1 aliphatic rings. The van der Waals surface area contributed by atoms with Crippen LogP contribution in [0.2, 0.25) is 0 Å². The molecule has 0 saturated carbocycles. The number of rotatable bonds is 4. The summed E-state index contributed by atoms with van der Waals surface area (Å²) in [5.74, 6) is -1.44. The molecule has 9 nitrogen and oxygen atoms in total. The molecule has 10 heteroatoms. The maximum atomic E-state index is 13.5. The fraction of sp³-hybridized carbons (Fsp3) is 0.111. The summed E-state index contributed by atoms with van der Waals surface area (Å²) in [7, 11) is 1.56. The molecule has 1 atom stereocenters. The highest BCUT2D eigenvalue weighted by molar-refractivity contribution is 7.22. The third kappa shape index (κ3) is 3.53. The van der Waals surface area contributed by atoms with E-state index in [0.717, 1.165) is 4.70 Å². The van der Waals surface area contributed by atoms with Crippen LogP contribution in [-0.4, -0.2) is 43.4 Å². The Hall–Kier alpha value is -4.70. The van der Waals surface area contributed by atoms with Crippen LogP contribution in [0.25, 0.3) is 21.6 Å². The van der Waals surface area contributed by atoms with Gasteiger partial charge >= 0.3 is 5.91 Å². The van der Waals surface area contributed by atoms with Gasteiger partial charge in [-0.05, 0) is 55.0 Å². The molecule has 3 aromatic heterocycles. The number of Topliss-reactive ketones (excluding diaryl/α,β-unsaturated/α-hetero) is 1. The Kier molecular flexibility index (Phi) is 5.20. The van der Waals surface area contributed by atoms with Gasteiger partial charge in [0.15, 0.2) is 10.9 Å². The largest absolute Gasteiger partial charge is 0.508 e. The van der Waals surface area contributed by atoms with Crippen molar-refractivity contribution >= 4 is 49.8 Å². The van der Waals surface area contributed by atoms with Gasteiger partial charge in [0, 0.05) is 6.20 Å². The highest BCUT2D eigenvalue weighted by Crippen LogP contribution is 2.45. The molecule has 2 N–H and O–H groups in total. The topological polar surface area (TPSA) is 117 Å². The van der Waals surface area contributed by atoms with Crippen LogP contribution in [0.5, 0.6) is 11.5 Å². The van der Waals surface area contributed by atoms with Crippen molar-refractivity contribution in [2.24, 2.45) is 0 Å². The van der Waals surface area contributed by atoms with Crippen molar-refractivity contribution in [3.8, 4) is 11.5 Å². The normalized spacial score (nSPS) is 17.2. The molecule has 0 spiro atoms. The Labute approximate surface area is 214 Å². The van der Waals surface area contributed by atoms with Crippen molar-refractivity contribution in [2.75, 3.05) is 12.0 Å². The number of fused-ring (bicyclic) bond motifs is 2. The standard InChI is InChI=1S/C27H20N4O5S/c1-14-22(30-11-4-3-8-20(30)28-14)24(33)21-23(15-6-5-7-16(32)12-15)31(26(35)25(21)34)27-29-18-10-9-17(36-2)13-19(18)37-27/h3-13,23,32-33H,1-2H3/b24-21+. The predicted molar refractivity (Wildman–Crippen MR) is 139 cm³/mol. The zero-order chi connectivity index (χ0) is 25.8. The Bertz CT molecular complexity index is 1770. The van der Waals surface area contributed by atoms with E-state index in [1.54, 1.807) is 67.1 Å². The number of pyridine rings is 1. The van der Waals surface area contributed by atoms with Gasteiger partial charge in [-0.3, -0.25) is 18.9 Å². The quantitative estimate of drug-likeness (QED) is 0.205. The number of aliphatic hydroxyl groups excluding tert-OH is 1. The van der Waals surface area contributed by atoms with Gasteiger partial charge in [-0.15, -0.1) is 0 Å². The minimum absolute atomic E-state index is 0.0388. The Balaban J connectivity index is 1.60. The lowest BCUT2D eigenvalue weighted by atomic mass is 9.96. The van der Waals surface area contributed by atoms with Gasteiger partial charge in [0.1, 0.15) is 22.8 Å². The molecular weight excluding hydrogens is 492 g/mol. The molecular formula is C27H20N4O5S. The number of benzene rings is 2. The zero-order valence-electron chi connectivity index (χ0n) is 19.7. The van der Waals surface area contributed by atoms with Crippen molar-refractivity contribution in [3.63, 3.8) is 0 Å². The number of nitrogens with zero attached hydrogens (tertiary/aromatic N) is 4. The van der Waals surface area contributed by atoms with E-state index in [0.29, 0.717) is 33.9 Å². The van der Waals surface area contributed by atoms with E-state index < -0.39 is 17.7 Å². The minimum atomic E-state index is -1.02. The Morgan fingerprint density at radius 1 is 1.05 bits per heavy atom. The molecule has 4 heterocycles. The number of aryl methyl sites for hydroxylation is 1. The highest BCUT2D eigenvalue weighted by Gasteiger charge is 2.48. The number of aliphatic hydroxyl groups is 1. The van der Waals surface area contributed by atoms with Crippen LogP contribution < -0.4 is 9.64 Å². The van der Waals surface area contributed by atoms with E-state index in [1.165, 1.54) is 28.4 Å². The van der Waals surface area contributed by atoms with Crippen molar-refractivity contribution in [1.29, 1.82) is 0 Å². The molecule has 37 heavy (non-hydrogen) atoms. The van der Waals surface area contributed by atoms with Crippen LogP contribution in [0, 0.1) is 6.92 Å². The number of aromatic hydroxyl groups is 1.